The van der Waals surface area contributed by atoms with Crippen LogP contribution in [-0.2, 0) is 5.41 Å². The van der Waals surface area contributed by atoms with Crippen molar-refractivity contribution in [3.63, 3.8) is 0 Å². The summed E-state index contributed by atoms with van der Waals surface area (Å²) >= 11 is 0. The van der Waals surface area contributed by atoms with Gasteiger partial charge in [0.05, 0.1) is 0 Å². The lowest BCUT2D eigenvalue weighted by atomic mass is 9.81. The van der Waals surface area contributed by atoms with E-state index >= 15 is 0 Å². The first-order valence-electron chi connectivity index (χ1n) is 21.4. The van der Waals surface area contributed by atoms with Crippen LogP contribution in [0.4, 0.5) is 0 Å². The van der Waals surface area contributed by atoms with Crippen molar-refractivity contribution in [3.8, 4) is 66.8 Å². The third-order valence-electron chi connectivity index (χ3n) is 13.4. The second-order valence-electron chi connectivity index (χ2n) is 17.2. The van der Waals surface area contributed by atoms with E-state index in [1.54, 1.807) is 0 Å². The maximum Gasteiger partial charge on any atom is 0.0159 e. The normalized spacial score (nSPS) is 12.9. The van der Waals surface area contributed by atoms with Gasteiger partial charge in [0, 0.05) is 5.41 Å². The molecule has 0 spiro atoms. The molecule has 11 aromatic rings. The molecule has 0 unspecified atom stereocenters. The van der Waals surface area contributed by atoms with Gasteiger partial charge in [-0.1, -0.05) is 208 Å². The van der Waals surface area contributed by atoms with Crippen molar-refractivity contribution in [1.29, 1.82) is 0 Å². The second-order valence-corrected chi connectivity index (χ2v) is 17.2. The van der Waals surface area contributed by atoms with Crippen molar-refractivity contribution in [3.05, 3.63) is 230 Å². The average molecular weight is 775 g/mol. The molecule has 11 aromatic carbocycles. The van der Waals surface area contributed by atoms with E-state index in [-0.39, 0.29) is 5.41 Å². The highest BCUT2D eigenvalue weighted by Gasteiger charge is 2.35. The highest BCUT2D eigenvalue weighted by atomic mass is 14.4. The van der Waals surface area contributed by atoms with Crippen LogP contribution < -0.4 is 0 Å². The first-order valence-corrected chi connectivity index (χ1v) is 21.4. The van der Waals surface area contributed by atoms with Gasteiger partial charge in [-0.05, 0) is 145 Å². The summed E-state index contributed by atoms with van der Waals surface area (Å²) in [7, 11) is 0. The van der Waals surface area contributed by atoms with Crippen molar-refractivity contribution in [2.45, 2.75) is 19.3 Å². The average Bonchev–Trinajstić information content (AvgIpc) is 3.54. The summed E-state index contributed by atoms with van der Waals surface area (Å²) < 4.78 is 0. The van der Waals surface area contributed by atoms with Crippen molar-refractivity contribution in [1.82, 2.24) is 0 Å². The zero-order valence-corrected chi connectivity index (χ0v) is 34.3. The molecule has 12 rings (SSSR count). The van der Waals surface area contributed by atoms with E-state index in [0.717, 1.165) is 0 Å². The van der Waals surface area contributed by atoms with E-state index in [0.29, 0.717) is 0 Å². The molecule has 0 aliphatic heterocycles. The highest BCUT2D eigenvalue weighted by molar-refractivity contribution is 6.28. The molecule has 0 fully saturated rings. The summed E-state index contributed by atoms with van der Waals surface area (Å²) in [5.41, 5.74) is 17.8. The summed E-state index contributed by atoms with van der Waals surface area (Å²) in [6, 6.07) is 81.3. The fourth-order valence-electron chi connectivity index (χ4n) is 10.5. The Morgan fingerprint density at radius 1 is 0.262 bits per heavy atom. The van der Waals surface area contributed by atoms with Crippen molar-refractivity contribution in [2.75, 3.05) is 0 Å². The number of hydrogen-bond donors (Lipinski definition) is 0. The van der Waals surface area contributed by atoms with E-state index in [4.69, 9.17) is 0 Å². The zero-order valence-electron chi connectivity index (χ0n) is 34.3. The third kappa shape index (κ3) is 5.53. The van der Waals surface area contributed by atoms with E-state index in [2.05, 4.69) is 232 Å². The van der Waals surface area contributed by atoms with Crippen molar-refractivity contribution in [2.24, 2.45) is 0 Å². The van der Waals surface area contributed by atoms with Crippen molar-refractivity contribution >= 4 is 43.1 Å². The summed E-state index contributed by atoms with van der Waals surface area (Å²) in [6.45, 7) is 4.73. The van der Waals surface area contributed by atoms with Crippen LogP contribution >= 0.6 is 0 Å². The van der Waals surface area contributed by atoms with Gasteiger partial charge in [-0.3, -0.25) is 0 Å². The Hall–Kier alpha value is -7.54. The first kappa shape index (κ1) is 35.4. The van der Waals surface area contributed by atoms with Gasteiger partial charge >= 0.3 is 0 Å². The van der Waals surface area contributed by atoms with Crippen LogP contribution in [0, 0.1) is 0 Å². The van der Waals surface area contributed by atoms with Crippen LogP contribution in [0.3, 0.4) is 0 Å². The number of fused-ring (bicyclic) bond motifs is 8. The van der Waals surface area contributed by atoms with Gasteiger partial charge in [0.2, 0.25) is 0 Å². The molecular weight excluding hydrogens is 733 g/mol. The van der Waals surface area contributed by atoms with Gasteiger partial charge in [-0.2, -0.15) is 0 Å². The fraction of sp³-hybridized carbons (Fsp3) is 0.0492. The molecule has 0 N–H and O–H groups in total. The SMILES string of the molecule is CC1(C)c2ccccc2-c2cc3ccc(-c4ccc(-c5c6ccccc6c(-c6ccccc6-c6ccccc6)c6c5ccc5ccccc56)cc4-c4ccccc4)cc3cc21. The summed E-state index contributed by atoms with van der Waals surface area (Å²) in [4.78, 5) is 0. The predicted molar refractivity (Wildman–Crippen MR) is 261 cm³/mol. The van der Waals surface area contributed by atoms with Crippen LogP contribution in [0.25, 0.3) is 110 Å². The molecule has 0 heterocycles. The molecule has 0 radical (unpaired) electrons. The Morgan fingerprint density at radius 3 is 1.61 bits per heavy atom. The molecule has 0 saturated carbocycles. The number of benzene rings is 11. The molecule has 0 nitrogen and oxygen atoms in total. The van der Waals surface area contributed by atoms with E-state index in [1.165, 1.54) is 121 Å². The molecule has 1 aliphatic carbocycles. The zero-order chi connectivity index (χ0) is 40.7. The van der Waals surface area contributed by atoms with Crippen LogP contribution in [0.15, 0.2) is 218 Å². The molecule has 0 aromatic heterocycles. The Bertz CT molecular complexity index is 3530. The van der Waals surface area contributed by atoms with Crippen LogP contribution in [0.5, 0.6) is 0 Å². The fourth-order valence-corrected chi connectivity index (χ4v) is 10.5. The van der Waals surface area contributed by atoms with Gasteiger partial charge < -0.3 is 0 Å². The Labute approximate surface area is 357 Å². The van der Waals surface area contributed by atoms with Gasteiger partial charge in [0.15, 0.2) is 0 Å². The van der Waals surface area contributed by atoms with E-state index in [9.17, 15) is 0 Å². The van der Waals surface area contributed by atoms with E-state index < -0.39 is 0 Å². The van der Waals surface area contributed by atoms with Crippen LogP contribution in [0.1, 0.15) is 25.0 Å². The van der Waals surface area contributed by atoms with Gasteiger partial charge in [0.1, 0.15) is 0 Å². The monoisotopic (exact) mass is 774 g/mol. The topological polar surface area (TPSA) is 0 Å². The molecular formula is C61H42. The molecule has 0 saturated heterocycles. The number of hydrogen-bond acceptors (Lipinski definition) is 0. The Kier molecular flexibility index (Phi) is 7.99. The van der Waals surface area contributed by atoms with E-state index in [1.807, 2.05) is 0 Å². The van der Waals surface area contributed by atoms with Gasteiger partial charge in [0.25, 0.3) is 0 Å². The lowest BCUT2D eigenvalue weighted by Gasteiger charge is -2.22. The lowest BCUT2D eigenvalue weighted by Crippen LogP contribution is -2.14. The van der Waals surface area contributed by atoms with Gasteiger partial charge in [-0.15, -0.1) is 0 Å². The lowest BCUT2D eigenvalue weighted by molar-refractivity contribution is 0.661. The minimum atomic E-state index is -0.0526. The second kappa shape index (κ2) is 13.8. The largest absolute Gasteiger partial charge is 0.0622 e. The Morgan fingerprint density at radius 2 is 0.836 bits per heavy atom. The minimum absolute atomic E-state index is 0.0526. The maximum absolute atomic E-state index is 2.45. The first-order chi connectivity index (χ1) is 30.0. The Balaban J connectivity index is 1.11. The van der Waals surface area contributed by atoms with Crippen molar-refractivity contribution < 1.29 is 0 Å². The molecule has 0 heteroatoms. The molecule has 286 valence electrons. The standard InChI is InChI=1S/C61H42/c1-61(2)56-28-16-15-24-49(56)55-36-42-29-30-43(35-45(42)38-57(55)61)47-33-32-44(37-54(47)40-19-7-4-8-20-40)58-51-26-13-14-27-52(51)60(59-48-23-10-9-21-41(48)31-34-53(58)59)50-25-12-11-22-46(50)39-17-5-3-6-18-39/h3-38H,1-2H3. The molecule has 0 amide bonds. The summed E-state index contributed by atoms with van der Waals surface area (Å²) in [5.74, 6) is 0. The number of rotatable bonds is 5. The molecule has 1 aliphatic rings. The molecule has 0 bridgehead atoms. The molecule has 0 atom stereocenters. The minimum Gasteiger partial charge on any atom is -0.0622 e. The molecule has 61 heavy (non-hydrogen) atoms. The third-order valence-corrected chi connectivity index (χ3v) is 13.4. The highest BCUT2D eigenvalue weighted by Crippen LogP contribution is 2.51. The predicted octanol–water partition coefficient (Wildman–Crippen LogP) is 16.9. The summed E-state index contributed by atoms with van der Waals surface area (Å²) in [6.07, 6.45) is 0. The van der Waals surface area contributed by atoms with Gasteiger partial charge in [-0.25, -0.2) is 0 Å². The smallest absolute Gasteiger partial charge is 0.0159 e. The summed E-state index contributed by atoms with van der Waals surface area (Å²) in [5, 5.41) is 10.1. The van der Waals surface area contributed by atoms with Crippen LogP contribution in [0.2, 0.25) is 0 Å². The quantitative estimate of drug-likeness (QED) is 0.121. The maximum atomic E-state index is 2.45. The van der Waals surface area contributed by atoms with Crippen LogP contribution in [-0.4, -0.2) is 0 Å².